The van der Waals surface area contributed by atoms with Gasteiger partial charge in [-0.1, -0.05) is 32.0 Å². The number of nitrogens with one attached hydrogen (secondary N) is 1. The predicted octanol–water partition coefficient (Wildman–Crippen LogP) is 2.91. The van der Waals surface area contributed by atoms with Crippen molar-refractivity contribution < 1.29 is 14.3 Å². The Labute approximate surface area is 137 Å². The van der Waals surface area contributed by atoms with E-state index < -0.39 is 5.41 Å². The Kier molecular flexibility index (Phi) is 5.63. The van der Waals surface area contributed by atoms with Crippen molar-refractivity contribution in [3.05, 3.63) is 35.6 Å². The first-order valence-corrected chi connectivity index (χ1v) is 8.27. The van der Waals surface area contributed by atoms with Gasteiger partial charge >= 0.3 is 6.03 Å². The van der Waals surface area contributed by atoms with E-state index in [1.165, 1.54) is 6.07 Å². The first-order valence-electron chi connectivity index (χ1n) is 8.27. The Morgan fingerprint density at radius 3 is 2.57 bits per heavy atom. The molecule has 1 aliphatic rings. The molecule has 2 rings (SSSR count). The number of carbonyl (C=O) groups excluding carboxylic acids is 1. The number of rotatable bonds is 4. The number of likely N-dealkylation sites (tertiary alicyclic amines) is 1. The third-order valence-electron chi connectivity index (χ3n) is 4.79. The fraction of sp³-hybridized carbons (Fsp3) is 0.611. The molecular formula is C18H27FN2O2. The van der Waals surface area contributed by atoms with Gasteiger partial charge in [-0.2, -0.15) is 0 Å². The highest BCUT2D eigenvalue weighted by Crippen LogP contribution is 2.25. The van der Waals surface area contributed by atoms with E-state index in [9.17, 15) is 14.3 Å². The average molecular weight is 322 g/mol. The van der Waals surface area contributed by atoms with E-state index in [1.807, 2.05) is 19.9 Å². The van der Waals surface area contributed by atoms with E-state index in [1.54, 1.807) is 24.0 Å². The van der Waals surface area contributed by atoms with Crippen molar-refractivity contribution in [1.82, 2.24) is 10.2 Å². The second-order valence-electron chi connectivity index (χ2n) is 7.09. The number of aliphatic hydroxyl groups is 1. The zero-order valence-corrected chi connectivity index (χ0v) is 14.2. The van der Waals surface area contributed by atoms with E-state index in [0.29, 0.717) is 25.2 Å². The smallest absolute Gasteiger partial charge is 0.317 e. The number of amides is 2. The quantitative estimate of drug-likeness (QED) is 0.895. The van der Waals surface area contributed by atoms with E-state index in [-0.39, 0.29) is 23.9 Å². The van der Waals surface area contributed by atoms with Crippen molar-refractivity contribution >= 4 is 6.03 Å². The highest BCUT2D eigenvalue weighted by molar-refractivity contribution is 5.74. The highest BCUT2D eigenvalue weighted by Gasteiger charge is 2.28. The van der Waals surface area contributed by atoms with Crippen molar-refractivity contribution in [3.63, 3.8) is 0 Å². The molecule has 1 unspecified atom stereocenters. The maximum Gasteiger partial charge on any atom is 0.317 e. The van der Waals surface area contributed by atoms with Gasteiger partial charge in [0.1, 0.15) is 5.82 Å². The molecule has 0 bridgehead atoms. The summed E-state index contributed by atoms with van der Waals surface area (Å²) < 4.78 is 13.9. The monoisotopic (exact) mass is 322 g/mol. The van der Waals surface area contributed by atoms with Gasteiger partial charge < -0.3 is 15.3 Å². The molecule has 0 saturated carbocycles. The molecule has 1 heterocycles. The Balaban J connectivity index is 1.88. The lowest BCUT2D eigenvalue weighted by Gasteiger charge is -2.34. The van der Waals surface area contributed by atoms with Gasteiger partial charge in [0.15, 0.2) is 0 Å². The second kappa shape index (κ2) is 7.30. The van der Waals surface area contributed by atoms with E-state index >= 15 is 0 Å². The van der Waals surface area contributed by atoms with Gasteiger partial charge in [-0.15, -0.1) is 0 Å². The second-order valence-corrected chi connectivity index (χ2v) is 7.09. The van der Waals surface area contributed by atoms with Crippen LogP contribution in [0.1, 0.15) is 39.2 Å². The van der Waals surface area contributed by atoms with Crippen LogP contribution in [0.5, 0.6) is 0 Å². The van der Waals surface area contributed by atoms with Gasteiger partial charge in [0.05, 0.1) is 6.10 Å². The van der Waals surface area contributed by atoms with Crippen LogP contribution < -0.4 is 5.32 Å². The molecular weight excluding hydrogens is 295 g/mol. The number of carbonyl (C=O) groups is 1. The maximum atomic E-state index is 13.9. The normalized spacial score (nSPS) is 17.9. The Bertz CT molecular complexity index is 538. The minimum absolute atomic E-state index is 0.113. The predicted molar refractivity (Wildman–Crippen MR) is 88.8 cm³/mol. The summed E-state index contributed by atoms with van der Waals surface area (Å²) in [6, 6.07) is 6.57. The molecule has 128 valence electrons. The molecule has 23 heavy (non-hydrogen) atoms. The lowest BCUT2D eigenvalue weighted by atomic mass is 9.84. The zero-order chi connectivity index (χ0) is 17.0. The number of halogens is 1. The van der Waals surface area contributed by atoms with Crippen LogP contribution in [-0.2, 0) is 5.41 Å². The van der Waals surface area contributed by atoms with Crippen LogP contribution in [0, 0.1) is 11.7 Å². The molecule has 4 nitrogen and oxygen atoms in total. The maximum absolute atomic E-state index is 13.9. The first-order chi connectivity index (χ1) is 10.8. The summed E-state index contributed by atoms with van der Waals surface area (Å²) in [4.78, 5) is 14.1. The molecule has 1 saturated heterocycles. The Morgan fingerprint density at radius 2 is 2.00 bits per heavy atom. The van der Waals surface area contributed by atoms with Gasteiger partial charge in [0.2, 0.25) is 0 Å². The molecule has 1 atom stereocenters. The molecule has 0 spiro atoms. The fourth-order valence-electron chi connectivity index (χ4n) is 3.10. The van der Waals surface area contributed by atoms with Crippen molar-refractivity contribution in [3.8, 4) is 0 Å². The molecule has 1 fully saturated rings. The minimum Gasteiger partial charge on any atom is -0.393 e. The number of nitrogens with zero attached hydrogens (tertiary/aromatic N) is 1. The van der Waals surface area contributed by atoms with Crippen LogP contribution in [0.25, 0.3) is 0 Å². The van der Waals surface area contributed by atoms with Gasteiger partial charge in [0, 0.05) is 25.0 Å². The van der Waals surface area contributed by atoms with Crippen LogP contribution in [0.4, 0.5) is 9.18 Å². The lowest BCUT2D eigenvalue weighted by molar-refractivity contribution is 0.0796. The minimum atomic E-state index is -0.473. The van der Waals surface area contributed by atoms with Crippen LogP contribution in [0.15, 0.2) is 24.3 Å². The zero-order valence-electron chi connectivity index (χ0n) is 14.2. The Morgan fingerprint density at radius 1 is 1.39 bits per heavy atom. The average Bonchev–Trinajstić information content (AvgIpc) is 2.53. The van der Waals surface area contributed by atoms with Gasteiger partial charge in [-0.3, -0.25) is 0 Å². The topological polar surface area (TPSA) is 52.6 Å². The molecule has 1 aromatic carbocycles. The third-order valence-corrected chi connectivity index (χ3v) is 4.79. The fourth-order valence-corrected chi connectivity index (χ4v) is 3.10. The molecule has 0 radical (unpaired) electrons. The summed E-state index contributed by atoms with van der Waals surface area (Å²) in [6.45, 7) is 7.33. The Hall–Kier alpha value is -1.62. The van der Waals surface area contributed by atoms with Crippen LogP contribution in [-0.4, -0.2) is 41.8 Å². The van der Waals surface area contributed by atoms with Crippen LogP contribution >= 0.6 is 0 Å². The van der Waals surface area contributed by atoms with Crippen molar-refractivity contribution in [2.45, 2.75) is 45.1 Å². The van der Waals surface area contributed by atoms with E-state index in [2.05, 4.69) is 5.32 Å². The number of aliphatic hydroxyl groups excluding tert-OH is 1. The van der Waals surface area contributed by atoms with Gasteiger partial charge in [-0.05, 0) is 37.3 Å². The molecule has 1 aromatic rings. The number of benzene rings is 1. The molecule has 0 aromatic heterocycles. The molecule has 5 heteroatoms. The lowest BCUT2D eigenvalue weighted by Crippen LogP contribution is -2.48. The summed E-state index contributed by atoms with van der Waals surface area (Å²) in [7, 11) is 0. The molecule has 1 aliphatic heterocycles. The number of hydrogen-bond donors (Lipinski definition) is 2. The SMILES string of the molecule is CC(O)C1CCN(C(=O)NCC(C)(C)c2ccccc2F)CC1. The van der Waals surface area contributed by atoms with E-state index in [0.717, 1.165) is 12.8 Å². The standard InChI is InChI=1S/C18H27FN2O2/c1-13(22)14-8-10-21(11-9-14)17(23)20-12-18(2,3)15-6-4-5-7-16(15)19/h4-7,13-14,22H,8-12H2,1-3H3,(H,20,23). The highest BCUT2D eigenvalue weighted by atomic mass is 19.1. The van der Waals surface area contributed by atoms with Gasteiger partial charge in [-0.25, -0.2) is 9.18 Å². The largest absolute Gasteiger partial charge is 0.393 e. The van der Waals surface area contributed by atoms with Gasteiger partial charge in [0.25, 0.3) is 0 Å². The third kappa shape index (κ3) is 4.44. The molecule has 2 N–H and O–H groups in total. The van der Waals surface area contributed by atoms with Crippen LogP contribution in [0.2, 0.25) is 0 Å². The van der Waals surface area contributed by atoms with E-state index in [4.69, 9.17) is 0 Å². The summed E-state index contributed by atoms with van der Waals surface area (Å²) in [5.41, 5.74) is 0.131. The number of piperidine rings is 1. The van der Waals surface area contributed by atoms with Crippen LogP contribution in [0.3, 0.4) is 0 Å². The van der Waals surface area contributed by atoms with Crippen molar-refractivity contribution in [1.29, 1.82) is 0 Å². The summed E-state index contributed by atoms with van der Waals surface area (Å²) >= 11 is 0. The van der Waals surface area contributed by atoms with Crippen molar-refractivity contribution in [2.24, 2.45) is 5.92 Å². The summed E-state index contributed by atoms with van der Waals surface area (Å²) in [5, 5.41) is 12.5. The number of urea groups is 1. The molecule has 0 aliphatic carbocycles. The molecule has 2 amide bonds. The van der Waals surface area contributed by atoms with Crippen molar-refractivity contribution in [2.75, 3.05) is 19.6 Å². The summed E-state index contributed by atoms with van der Waals surface area (Å²) in [5.74, 6) is 0.0263. The summed E-state index contributed by atoms with van der Waals surface area (Å²) in [6.07, 6.45) is 1.32. The number of hydrogen-bond acceptors (Lipinski definition) is 2. The first kappa shape index (κ1) is 17.7.